The second kappa shape index (κ2) is 46.7. The standard InChI is InChI=1S/C16H12N.4C15H12N2.5Ir.5Pt/c1-2-13-6-7-15-11-14(13)5-3-4-12-8-9-17-16(15)10-12;1-2-12-10-16-15-13-7-3-5-11(9-13)6-4-8-14(12)17-15;1-2-11-10-16-15-9-12(11)5-3-6-13-7-4-8-14(15)17-13;1-2-12-6-7-14-15-10-11(8-9-16-15)4-3-5-13(12)17-14;1-2-11-6-7-13-10-12(11)4-3-5-14-8-9-16-15(13)17-14;;;;;;;;;;/h3,6,8-9H,1-2,4-5H2;3-5,10H,1-2,6,8H2;3-4,7,10H,1-2,5-6H2;2*3,6,8-9H,1-2,4-5H2;;;;;;;;;;/q-5;4*-4;;;;;;;4*+2. The normalized spacial score (nSPS) is 12.3. The molecule has 0 N–H and O–H groups in total. The number of nitrogens with zero attached hydrogens (tertiary/aromatic N) is 9. The fourth-order valence-corrected chi connectivity index (χ4v) is 10.2. The average molecular weight is 3040 g/mol. The Hall–Kier alpha value is -1.74. The molecular weight excluding hydrogens is 2980 g/mol. The molecule has 11 heterocycles. The van der Waals surface area contributed by atoms with Gasteiger partial charge in [0.15, 0.2) is 0 Å². The Morgan fingerprint density at radius 2 is 0.800 bits per heavy atom. The van der Waals surface area contributed by atoms with E-state index >= 15 is 0 Å². The Balaban J connectivity index is 0.000000579. The first-order valence-corrected chi connectivity index (χ1v) is 28.8. The minimum Gasteiger partial charge on any atom is -0.391 e. The van der Waals surface area contributed by atoms with Gasteiger partial charge >= 0.3 is 84.3 Å². The molecule has 3 aromatic carbocycles. The minimum atomic E-state index is 0. The summed E-state index contributed by atoms with van der Waals surface area (Å²) in [6.07, 6.45) is 33.1. The molecule has 95 heavy (non-hydrogen) atoms. The number of aromatic nitrogens is 9. The molecule has 19 heteroatoms. The van der Waals surface area contributed by atoms with E-state index in [-0.39, 0.29) is 206 Å². The van der Waals surface area contributed by atoms with E-state index in [1.165, 1.54) is 50.1 Å². The van der Waals surface area contributed by atoms with E-state index in [0.29, 0.717) is 5.82 Å². The van der Waals surface area contributed by atoms with Crippen LogP contribution >= 0.6 is 0 Å². The predicted octanol–water partition coefficient (Wildman–Crippen LogP) is 12.5. The third-order valence-electron chi connectivity index (χ3n) is 14.8. The summed E-state index contributed by atoms with van der Waals surface area (Å²) in [5.41, 5.74) is 23.9. The molecule has 0 saturated carbocycles. The molecule has 4 aliphatic heterocycles. The van der Waals surface area contributed by atoms with Crippen LogP contribution in [0.4, 0.5) is 0 Å². The number of fused-ring (bicyclic) bond motifs is 25. The minimum absolute atomic E-state index is 0. The van der Waals surface area contributed by atoms with Crippen molar-refractivity contribution in [2.75, 3.05) is 0 Å². The van der Waals surface area contributed by atoms with Crippen LogP contribution in [0.3, 0.4) is 0 Å². The number of hydrogen-bond donors (Lipinski definition) is 0. The van der Waals surface area contributed by atoms with Gasteiger partial charge in [-0.1, -0.05) is 17.6 Å². The van der Waals surface area contributed by atoms with Gasteiger partial charge in [0.25, 0.3) is 0 Å². The molecule has 0 saturated heterocycles. The van der Waals surface area contributed by atoms with Gasteiger partial charge < -0.3 is 129 Å². The van der Waals surface area contributed by atoms with E-state index in [9.17, 15) is 0 Å². The summed E-state index contributed by atoms with van der Waals surface area (Å²) in [4.78, 5) is 39.9. The molecular formula is C76H60Ir5N9Pt5-13. The Kier molecular flexibility index (Phi) is 44.9. The van der Waals surface area contributed by atoms with Gasteiger partial charge in [0, 0.05) is 134 Å². The van der Waals surface area contributed by atoms with Crippen molar-refractivity contribution in [1.82, 2.24) is 44.9 Å². The predicted molar refractivity (Wildman–Crippen MR) is 331 cm³/mol. The smallest absolute Gasteiger partial charge is 0.391 e. The van der Waals surface area contributed by atoms with Gasteiger partial charge in [-0.2, -0.15) is 79.3 Å². The Morgan fingerprint density at radius 1 is 0.337 bits per heavy atom. The van der Waals surface area contributed by atoms with Gasteiger partial charge in [0.1, 0.15) is 0 Å². The maximum atomic E-state index is 4.62. The van der Waals surface area contributed by atoms with E-state index in [2.05, 4.69) is 178 Å². The van der Waals surface area contributed by atoms with Gasteiger partial charge in [0.05, 0.1) is 0 Å². The van der Waals surface area contributed by atoms with E-state index in [4.69, 9.17) is 0 Å². The molecule has 10 aromatic rings. The molecule has 0 fully saturated rings. The van der Waals surface area contributed by atoms with Crippen molar-refractivity contribution in [3.63, 3.8) is 0 Å². The van der Waals surface area contributed by atoms with Crippen molar-refractivity contribution < 1.29 is 206 Å². The Labute approximate surface area is 703 Å². The molecule has 0 atom stereocenters. The van der Waals surface area contributed by atoms with Crippen LogP contribution in [0.1, 0.15) is 84.0 Å². The molecule has 15 rings (SSSR count). The summed E-state index contributed by atoms with van der Waals surface area (Å²) >= 11 is 0. The van der Waals surface area contributed by atoms with E-state index in [1.54, 1.807) is 6.20 Å². The van der Waals surface area contributed by atoms with Gasteiger partial charge in [-0.3, -0.25) is 47.0 Å². The van der Waals surface area contributed by atoms with Gasteiger partial charge in [-0.15, -0.1) is 66.7 Å². The van der Waals surface area contributed by atoms with Gasteiger partial charge in [-0.25, -0.2) is 108 Å². The van der Waals surface area contributed by atoms with Crippen molar-refractivity contribution in [3.05, 3.63) is 309 Å². The number of pyridine rings is 5. The molecule has 5 radical (unpaired) electrons. The van der Waals surface area contributed by atoms with Crippen LogP contribution in [0.15, 0.2) is 91.6 Å². The van der Waals surface area contributed by atoms with Crippen LogP contribution < -0.4 is 0 Å². The monoisotopic (exact) mass is 3040 g/mol. The molecule has 517 valence electrons. The molecule has 0 amide bonds. The molecule has 9 nitrogen and oxygen atoms in total. The molecule has 0 unspecified atom stereocenters. The van der Waals surface area contributed by atoms with Crippen LogP contribution in [0, 0.1) is 133 Å². The quantitative estimate of drug-likeness (QED) is 0.155. The zero-order valence-electron chi connectivity index (χ0n) is 51.0. The number of rotatable bonds is 5. The van der Waals surface area contributed by atoms with Crippen LogP contribution in [-0.2, 0) is 302 Å². The average Bonchev–Trinajstić information content (AvgIpc) is 1.88. The Bertz CT molecular complexity index is 3370. The Morgan fingerprint density at radius 3 is 1.44 bits per heavy atom. The zero-order valence-corrected chi connectivity index (χ0v) is 74.3. The second-order valence-corrected chi connectivity index (χ2v) is 20.6. The van der Waals surface area contributed by atoms with E-state index < -0.39 is 0 Å². The van der Waals surface area contributed by atoms with Crippen molar-refractivity contribution in [1.29, 1.82) is 0 Å². The fraction of sp³-hybridized carbons (Fsp3) is 0.197. The van der Waals surface area contributed by atoms with Gasteiger partial charge in [-0.05, 0) is 47.1 Å². The first-order chi connectivity index (χ1) is 41.8. The second-order valence-electron chi connectivity index (χ2n) is 20.6. The molecule has 20 bridgehead atoms. The van der Waals surface area contributed by atoms with Crippen molar-refractivity contribution in [2.24, 2.45) is 0 Å². The number of benzene rings is 3. The molecule has 5 aliphatic rings. The maximum Gasteiger partial charge on any atom is 2.00 e. The first-order valence-electron chi connectivity index (χ1n) is 28.8. The summed E-state index contributed by atoms with van der Waals surface area (Å²) in [7, 11) is 0. The van der Waals surface area contributed by atoms with Crippen molar-refractivity contribution in [2.45, 2.75) is 96.3 Å². The third kappa shape index (κ3) is 25.0. The van der Waals surface area contributed by atoms with E-state index in [0.717, 1.165) is 181 Å². The summed E-state index contributed by atoms with van der Waals surface area (Å²) in [6, 6.07) is 55.6. The van der Waals surface area contributed by atoms with Gasteiger partial charge in [0.2, 0.25) is 0 Å². The van der Waals surface area contributed by atoms with Crippen molar-refractivity contribution in [3.8, 4) is 56.8 Å². The van der Waals surface area contributed by atoms with Crippen LogP contribution in [-0.4, -0.2) is 44.9 Å². The SMILES string of the molecule is [CH2-]Cc1c[c-]c2[c-]c1C[CH-]Cc1[c-]c-2ncc1.[CH2-]Cc1c[c-]c2[c-]c1C[CH-]Cc1ccnc-2n1.[CH2-]Cc1c[c-]c2nc1C[CH-]Cc1[c-]c-2ncc1.[CH2-]Cc1cnc2[c-]c1C[CH-]Cc1cc[c-]c-2n1.[CH2-]Cc1cnc2nc1C[CH-]Cc1[c-]c-2[c-]cc1.[Ir].[Ir].[Ir].[Ir].[Ir].[Pt+2].[Pt+2].[Pt+2].[Pt+2].[Pt]. The fourth-order valence-electron chi connectivity index (χ4n) is 10.2. The largest absolute Gasteiger partial charge is 2.00 e. The molecule has 1 aliphatic carbocycles. The topological polar surface area (TPSA) is 116 Å². The van der Waals surface area contributed by atoms with Crippen LogP contribution in [0.25, 0.3) is 56.8 Å². The zero-order chi connectivity index (χ0) is 58.3. The summed E-state index contributed by atoms with van der Waals surface area (Å²) in [6.45, 7) is 19.6. The van der Waals surface area contributed by atoms with E-state index in [1.807, 2.05) is 85.5 Å². The van der Waals surface area contributed by atoms with Crippen LogP contribution in [0.2, 0.25) is 0 Å². The first kappa shape index (κ1) is 91.3. The molecule has 7 aromatic heterocycles. The number of hydrogen-bond acceptors (Lipinski definition) is 9. The summed E-state index contributed by atoms with van der Waals surface area (Å²) in [5, 5.41) is 0. The van der Waals surface area contributed by atoms with Crippen molar-refractivity contribution >= 4 is 0 Å². The van der Waals surface area contributed by atoms with Crippen LogP contribution in [0.5, 0.6) is 0 Å². The summed E-state index contributed by atoms with van der Waals surface area (Å²) < 4.78 is 0. The maximum absolute atomic E-state index is 4.62. The third-order valence-corrected chi connectivity index (χ3v) is 14.8. The molecule has 0 spiro atoms. The summed E-state index contributed by atoms with van der Waals surface area (Å²) in [5.74, 6) is 1.43.